The van der Waals surface area contributed by atoms with Gasteiger partial charge in [-0.3, -0.25) is 9.99 Å². The lowest BCUT2D eigenvalue weighted by molar-refractivity contribution is 0.454. The zero-order valence-electron chi connectivity index (χ0n) is 11.1. The first-order valence-electron chi connectivity index (χ1n) is 6.03. The van der Waals surface area contributed by atoms with E-state index < -0.39 is 5.69 Å². The fraction of sp³-hybridized carbons (Fsp3) is 0.333. The molecule has 0 aliphatic rings. The summed E-state index contributed by atoms with van der Waals surface area (Å²) in [5.74, 6) is 0.424. The van der Waals surface area contributed by atoms with Crippen molar-refractivity contribution < 1.29 is 5.11 Å². The number of nitrogens with zero attached hydrogens (tertiary/aromatic N) is 5. The quantitative estimate of drug-likeness (QED) is 0.838. The van der Waals surface area contributed by atoms with E-state index in [9.17, 15) is 9.90 Å². The number of aromatic nitrogens is 4. The van der Waals surface area contributed by atoms with Gasteiger partial charge in [0.15, 0.2) is 5.82 Å². The third-order valence-corrected chi connectivity index (χ3v) is 2.49. The lowest BCUT2D eigenvalue weighted by atomic mass is 10.2. The number of H-pyrrole nitrogens is 1. The van der Waals surface area contributed by atoms with Gasteiger partial charge in [0.25, 0.3) is 0 Å². The molecule has 0 aromatic carbocycles. The molecule has 0 unspecified atom stereocenters. The third kappa shape index (κ3) is 2.77. The fourth-order valence-electron chi connectivity index (χ4n) is 1.74. The van der Waals surface area contributed by atoms with Gasteiger partial charge < -0.3 is 5.11 Å². The van der Waals surface area contributed by atoms with Crippen molar-refractivity contribution in [2.75, 3.05) is 11.6 Å². The average Bonchev–Trinajstić information content (AvgIpc) is 2.74. The maximum absolute atomic E-state index is 11.8. The van der Waals surface area contributed by atoms with Crippen LogP contribution in [0.2, 0.25) is 0 Å². The molecule has 8 heteroatoms. The lowest BCUT2D eigenvalue weighted by Crippen LogP contribution is -2.39. The van der Waals surface area contributed by atoms with Crippen LogP contribution >= 0.6 is 0 Å². The van der Waals surface area contributed by atoms with Gasteiger partial charge in [-0.2, -0.15) is 10.2 Å². The summed E-state index contributed by atoms with van der Waals surface area (Å²) in [7, 11) is 0. The molecule has 2 aromatic rings. The van der Waals surface area contributed by atoms with Crippen LogP contribution in [0.4, 0.5) is 5.82 Å². The summed E-state index contributed by atoms with van der Waals surface area (Å²) in [5.41, 5.74) is -0.486. The molecule has 2 N–H and O–H groups in total. The zero-order valence-corrected chi connectivity index (χ0v) is 11.1. The van der Waals surface area contributed by atoms with Crippen LogP contribution in [-0.4, -0.2) is 31.3 Å². The second kappa shape index (κ2) is 5.44. The summed E-state index contributed by atoms with van der Waals surface area (Å²) in [6, 6.07) is 3.45. The molecule has 2 aromatic heterocycles. The SMILES string of the molecule is CC(C)CN(c1ccnc(C#N)n1)n1cc(O)[nH]c1=O. The molecular formula is C12H14N6O2. The molecule has 8 nitrogen and oxygen atoms in total. The van der Waals surface area contributed by atoms with Gasteiger partial charge in [-0.1, -0.05) is 13.8 Å². The minimum Gasteiger partial charge on any atom is -0.493 e. The van der Waals surface area contributed by atoms with Crippen LogP contribution in [0.5, 0.6) is 5.88 Å². The van der Waals surface area contributed by atoms with Crippen LogP contribution in [0.3, 0.4) is 0 Å². The standard InChI is InChI=1S/C12H14N6O2/c1-8(2)6-17(18-7-11(19)16-12(18)20)10-3-4-14-9(5-13)15-10/h3-4,7-8,19H,6H2,1-2H3,(H,16,20). The van der Waals surface area contributed by atoms with Gasteiger partial charge in [0.05, 0.1) is 6.20 Å². The molecule has 0 radical (unpaired) electrons. The Kier molecular flexibility index (Phi) is 3.70. The van der Waals surface area contributed by atoms with Gasteiger partial charge in [0.1, 0.15) is 6.07 Å². The van der Waals surface area contributed by atoms with Crippen LogP contribution in [0.1, 0.15) is 19.7 Å². The van der Waals surface area contributed by atoms with Crippen molar-refractivity contribution in [3.05, 3.63) is 34.8 Å². The van der Waals surface area contributed by atoms with Gasteiger partial charge in [0.2, 0.25) is 11.7 Å². The summed E-state index contributed by atoms with van der Waals surface area (Å²) in [4.78, 5) is 21.9. The number of imidazole rings is 1. The molecule has 0 bridgehead atoms. The highest BCUT2D eigenvalue weighted by Gasteiger charge is 2.16. The number of rotatable bonds is 4. The normalized spacial score (nSPS) is 10.5. The topological polar surface area (TPSA) is 111 Å². The van der Waals surface area contributed by atoms with Crippen molar-refractivity contribution in [1.82, 2.24) is 19.6 Å². The van der Waals surface area contributed by atoms with E-state index in [1.807, 2.05) is 19.9 Å². The third-order valence-electron chi connectivity index (χ3n) is 2.49. The number of anilines is 1. The predicted octanol–water partition coefficient (Wildman–Crippen LogP) is 0.469. The number of aromatic hydroxyl groups is 1. The molecule has 0 aliphatic heterocycles. The maximum Gasteiger partial charge on any atom is 0.347 e. The Bertz CT molecular complexity index is 696. The summed E-state index contributed by atoms with van der Waals surface area (Å²) >= 11 is 0. The van der Waals surface area contributed by atoms with E-state index in [0.717, 1.165) is 0 Å². The Balaban J connectivity index is 2.50. The molecule has 0 spiro atoms. The van der Waals surface area contributed by atoms with Crippen molar-refractivity contribution in [2.24, 2.45) is 5.92 Å². The minimum absolute atomic E-state index is 0.0177. The Morgan fingerprint density at radius 1 is 1.60 bits per heavy atom. The molecule has 0 saturated heterocycles. The summed E-state index contributed by atoms with van der Waals surface area (Å²) in [6.45, 7) is 4.45. The van der Waals surface area contributed by atoms with E-state index in [1.165, 1.54) is 17.1 Å². The highest BCUT2D eigenvalue weighted by molar-refractivity contribution is 5.38. The van der Waals surface area contributed by atoms with Gasteiger partial charge in [-0.05, 0) is 5.92 Å². The van der Waals surface area contributed by atoms with Gasteiger partial charge in [-0.25, -0.2) is 14.5 Å². The first-order valence-corrected chi connectivity index (χ1v) is 6.03. The molecule has 0 atom stereocenters. The molecule has 0 fully saturated rings. The molecule has 2 rings (SSSR count). The van der Waals surface area contributed by atoms with Crippen molar-refractivity contribution >= 4 is 5.82 Å². The van der Waals surface area contributed by atoms with E-state index in [4.69, 9.17) is 5.26 Å². The number of nitriles is 1. The largest absolute Gasteiger partial charge is 0.493 e. The van der Waals surface area contributed by atoms with Crippen molar-refractivity contribution in [2.45, 2.75) is 13.8 Å². The second-order valence-electron chi connectivity index (χ2n) is 4.62. The Morgan fingerprint density at radius 2 is 2.35 bits per heavy atom. The van der Waals surface area contributed by atoms with E-state index >= 15 is 0 Å². The lowest BCUT2D eigenvalue weighted by Gasteiger charge is -2.25. The molecule has 20 heavy (non-hydrogen) atoms. The van der Waals surface area contributed by atoms with Gasteiger partial charge in [-0.15, -0.1) is 0 Å². The van der Waals surface area contributed by atoms with Gasteiger partial charge >= 0.3 is 5.69 Å². The summed E-state index contributed by atoms with van der Waals surface area (Å²) in [5, 5.41) is 19.8. The minimum atomic E-state index is -0.486. The van der Waals surface area contributed by atoms with E-state index in [2.05, 4.69) is 15.0 Å². The number of hydrogen-bond acceptors (Lipinski definition) is 6. The molecular weight excluding hydrogens is 260 g/mol. The Hall–Kier alpha value is -2.82. The average molecular weight is 274 g/mol. The highest BCUT2D eigenvalue weighted by Crippen LogP contribution is 2.14. The Labute approximate surface area is 114 Å². The second-order valence-corrected chi connectivity index (χ2v) is 4.62. The van der Waals surface area contributed by atoms with Crippen molar-refractivity contribution in [1.29, 1.82) is 5.26 Å². The van der Waals surface area contributed by atoms with Crippen molar-refractivity contribution in [3.63, 3.8) is 0 Å². The van der Waals surface area contributed by atoms with Crippen LogP contribution < -0.4 is 10.7 Å². The highest BCUT2D eigenvalue weighted by atomic mass is 16.3. The maximum atomic E-state index is 11.8. The van der Waals surface area contributed by atoms with Gasteiger partial charge in [0, 0.05) is 18.8 Å². The fourth-order valence-corrected chi connectivity index (χ4v) is 1.74. The predicted molar refractivity (Wildman–Crippen MR) is 71.0 cm³/mol. The van der Waals surface area contributed by atoms with Crippen LogP contribution in [0.25, 0.3) is 0 Å². The monoisotopic (exact) mass is 274 g/mol. The first kappa shape index (κ1) is 13.6. The summed E-state index contributed by atoms with van der Waals surface area (Å²) in [6.07, 6.45) is 2.71. The van der Waals surface area contributed by atoms with E-state index in [1.54, 1.807) is 11.1 Å². The van der Waals surface area contributed by atoms with Crippen molar-refractivity contribution in [3.8, 4) is 11.9 Å². The molecule has 0 amide bonds. The number of hydrogen-bond donors (Lipinski definition) is 2. The van der Waals surface area contributed by atoms with E-state index in [-0.39, 0.29) is 17.6 Å². The molecule has 104 valence electrons. The smallest absolute Gasteiger partial charge is 0.347 e. The van der Waals surface area contributed by atoms with E-state index in [0.29, 0.717) is 12.4 Å². The number of nitrogens with one attached hydrogen (secondary N) is 1. The van der Waals surface area contributed by atoms with Crippen LogP contribution in [0, 0.1) is 17.2 Å². The zero-order chi connectivity index (χ0) is 14.7. The Morgan fingerprint density at radius 3 is 2.90 bits per heavy atom. The van der Waals surface area contributed by atoms with Crippen LogP contribution in [-0.2, 0) is 0 Å². The molecule has 0 aliphatic carbocycles. The molecule has 2 heterocycles. The first-order chi connectivity index (χ1) is 9.51. The molecule has 0 saturated carbocycles. The van der Waals surface area contributed by atoms with Crippen LogP contribution in [0.15, 0.2) is 23.3 Å². The summed E-state index contributed by atoms with van der Waals surface area (Å²) < 4.78 is 1.22. The number of aromatic amines is 1.